The van der Waals surface area contributed by atoms with Crippen molar-refractivity contribution < 1.29 is 0 Å². The van der Waals surface area contributed by atoms with E-state index in [2.05, 4.69) is 20.3 Å². The summed E-state index contributed by atoms with van der Waals surface area (Å²) in [6, 6.07) is 1.81. The molecule has 6 heteroatoms. The molecule has 0 aliphatic heterocycles. The predicted molar refractivity (Wildman–Crippen MR) is 44.8 cm³/mol. The molecular formula is C7H8N6. The van der Waals surface area contributed by atoms with Crippen molar-refractivity contribution in [3.63, 3.8) is 0 Å². The van der Waals surface area contributed by atoms with E-state index >= 15 is 0 Å². The maximum Gasteiger partial charge on any atom is 0.181 e. The van der Waals surface area contributed by atoms with E-state index in [1.54, 1.807) is 12.5 Å². The monoisotopic (exact) mass is 176 g/mol. The Balaban J connectivity index is 2.51. The highest BCUT2D eigenvalue weighted by Crippen LogP contribution is 2.06. The molecule has 2 aromatic heterocycles. The highest BCUT2D eigenvalue weighted by Gasteiger charge is 2.04. The zero-order valence-electron chi connectivity index (χ0n) is 6.83. The molecule has 6 nitrogen and oxygen atoms in total. The Kier molecular flexibility index (Phi) is 1.97. The van der Waals surface area contributed by atoms with Crippen LogP contribution in [0.1, 0.15) is 5.56 Å². The fourth-order valence-electron chi connectivity index (χ4n) is 1.02. The number of nitrogens with zero attached hydrogens (tertiary/aromatic N) is 5. The maximum absolute atomic E-state index is 5.53. The maximum atomic E-state index is 5.53. The lowest BCUT2D eigenvalue weighted by Gasteiger charge is -2.02. The quantitative estimate of drug-likeness (QED) is 0.668. The molecule has 0 fully saturated rings. The van der Waals surface area contributed by atoms with Crippen LogP contribution >= 0.6 is 0 Å². The normalized spacial score (nSPS) is 10.2. The Labute approximate surface area is 74.4 Å². The minimum atomic E-state index is 0.407. The standard InChI is InChI=1S/C7H8N6/c8-3-6-1-2-10-12-7(6)13-5-9-4-11-13/h1-2,4-5H,3,8H2. The van der Waals surface area contributed by atoms with Crippen LogP contribution in [-0.4, -0.2) is 25.0 Å². The topological polar surface area (TPSA) is 82.5 Å². The van der Waals surface area contributed by atoms with Gasteiger partial charge in [0.2, 0.25) is 0 Å². The van der Waals surface area contributed by atoms with Gasteiger partial charge in [-0.05, 0) is 6.07 Å². The lowest BCUT2D eigenvalue weighted by Crippen LogP contribution is -2.07. The van der Waals surface area contributed by atoms with Gasteiger partial charge in [0.05, 0.1) is 6.20 Å². The molecule has 0 radical (unpaired) electrons. The molecule has 0 amide bonds. The lowest BCUT2D eigenvalue weighted by molar-refractivity contribution is 0.790. The van der Waals surface area contributed by atoms with Gasteiger partial charge in [0.15, 0.2) is 5.82 Å². The van der Waals surface area contributed by atoms with Gasteiger partial charge in [-0.1, -0.05) is 0 Å². The summed E-state index contributed by atoms with van der Waals surface area (Å²) in [5, 5.41) is 11.6. The van der Waals surface area contributed by atoms with Crippen molar-refractivity contribution in [2.24, 2.45) is 5.73 Å². The molecule has 0 spiro atoms. The summed E-state index contributed by atoms with van der Waals surface area (Å²) in [4.78, 5) is 3.82. The minimum absolute atomic E-state index is 0.407. The zero-order valence-corrected chi connectivity index (χ0v) is 6.83. The van der Waals surface area contributed by atoms with Crippen molar-refractivity contribution in [3.05, 3.63) is 30.5 Å². The fourth-order valence-corrected chi connectivity index (χ4v) is 1.02. The van der Waals surface area contributed by atoms with Crippen molar-refractivity contribution in [1.29, 1.82) is 0 Å². The average Bonchev–Trinajstić information content (AvgIpc) is 2.70. The highest BCUT2D eigenvalue weighted by atomic mass is 15.4. The van der Waals surface area contributed by atoms with Crippen molar-refractivity contribution >= 4 is 0 Å². The first-order valence-electron chi connectivity index (χ1n) is 3.77. The SMILES string of the molecule is NCc1ccnnc1-n1cncn1. The van der Waals surface area contributed by atoms with E-state index in [1.165, 1.54) is 11.0 Å². The summed E-state index contributed by atoms with van der Waals surface area (Å²) in [6.07, 6.45) is 4.60. The Morgan fingerprint density at radius 1 is 1.46 bits per heavy atom. The molecule has 2 aromatic rings. The second kappa shape index (κ2) is 3.28. The molecule has 0 saturated heterocycles. The lowest BCUT2D eigenvalue weighted by atomic mass is 10.3. The molecule has 0 unspecified atom stereocenters. The number of hydrogen-bond donors (Lipinski definition) is 1. The average molecular weight is 176 g/mol. The third kappa shape index (κ3) is 1.38. The summed E-state index contributed by atoms with van der Waals surface area (Å²) in [5.41, 5.74) is 6.42. The van der Waals surface area contributed by atoms with Crippen LogP contribution in [0.25, 0.3) is 5.82 Å². The molecule has 2 rings (SSSR count). The van der Waals surface area contributed by atoms with E-state index in [1.807, 2.05) is 6.07 Å². The first kappa shape index (κ1) is 7.81. The van der Waals surface area contributed by atoms with Gasteiger partial charge in [0.1, 0.15) is 12.7 Å². The van der Waals surface area contributed by atoms with Crippen LogP contribution in [0, 0.1) is 0 Å². The van der Waals surface area contributed by atoms with Gasteiger partial charge in [0.25, 0.3) is 0 Å². The first-order valence-corrected chi connectivity index (χ1v) is 3.77. The molecule has 2 heterocycles. The molecule has 0 aliphatic carbocycles. The van der Waals surface area contributed by atoms with Gasteiger partial charge >= 0.3 is 0 Å². The van der Waals surface area contributed by atoms with Crippen molar-refractivity contribution in [2.75, 3.05) is 0 Å². The molecule has 0 saturated carbocycles. The van der Waals surface area contributed by atoms with Crippen molar-refractivity contribution in [2.45, 2.75) is 6.54 Å². The molecule has 0 bridgehead atoms. The zero-order chi connectivity index (χ0) is 9.10. The minimum Gasteiger partial charge on any atom is -0.326 e. The Morgan fingerprint density at radius 3 is 3.08 bits per heavy atom. The van der Waals surface area contributed by atoms with E-state index in [-0.39, 0.29) is 0 Å². The fraction of sp³-hybridized carbons (Fsp3) is 0.143. The molecular weight excluding hydrogens is 168 g/mol. The Morgan fingerprint density at radius 2 is 2.38 bits per heavy atom. The third-order valence-corrected chi connectivity index (χ3v) is 1.64. The Bertz CT molecular complexity index is 382. The number of hydrogen-bond acceptors (Lipinski definition) is 5. The van der Waals surface area contributed by atoms with Gasteiger partial charge < -0.3 is 5.73 Å². The molecule has 0 aromatic carbocycles. The van der Waals surface area contributed by atoms with Crippen LogP contribution in [0.2, 0.25) is 0 Å². The predicted octanol–water partition coefficient (Wildman–Crippen LogP) is -0.484. The summed E-state index contributed by atoms with van der Waals surface area (Å²) in [6.45, 7) is 0.407. The van der Waals surface area contributed by atoms with E-state index < -0.39 is 0 Å². The van der Waals surface area contributed by atoms with Gasteiger partial charge in [-0.3, -0.25) is 0 Å². The number of nitrogens with two attached hydrogens (primary N) is 1. The van der Waals surface area contributed by atoms with Crippen LogP contribution in [0.4, 0.5) is 0 Å². The summed E-state index contributed by atoms with van der Waals surface area (Å²) >= 11 is 0. The van der Waals surface area contributed by atoms with Crippen LogP contribution in [0.5, 0.6) is 0 Å². The van der Waals surface area contributed by atoms with E-state index in [4.69, 9.17) is 5.73 Å². The Hall–Kier alpha value is -1.82. The van der Waals surface area contributed by atoms with Crippen molar-refractivity contribution in [3.8, 4) is 5.82 Å². The second-order valence-corrected chi connectivity index (χ2v) is 2.42. The van der Waals surface area contributed by atoms with Gasteiger partial charge in [-0.2, -0.15) is 10.2 Å². The van der Waals surface area contributed by atoms with E-state index in [0.717, 1.165) is 5.56 Å². The van der Waals surface area contributed by atoms with E-state index in [9.17, 15) is 0 Å². The van der Waals surface area contributed by atoms with Crippen LogP contribution < -0.4 is 5.73 Å². The molecule has 0 atom stereocenters. The molecule has 0 aliphatic rings. The summed E-state index contributed by atoms with van der Waals surface area (Å²) in [5.74, 6) is 0.627. The summed E-state index contributed by atoms with van der Waals surface area (Å²) in [7, 11) is 0. The first-order chi connectivity index (χ1) is 6.42. The van der Waals surface area contributed by atoms with Gasteiger partial charge in [0, 0.05) is 12.1 Å². The largest absolute Gasteiger partial charge is 0.326 e. The molecule has 2 N–H and O–H groups in total. The molecule has 13 heavy (non-hydrogen) atoms. The summed E-state index contributed by atoms with van der Waals surface area (Å²) < 4.78 is 1.54. The van der Waals surface area contributed by atoms with Gasteiger partial charge in [-0.15, -0.1) is 5.10 Å². The smallest absolute Gasteiger partial charge is 0.181 e. The van der Waals surface area contributed by atoms with Gasteiger partial charge in [-0.25, -0.2) is 9.67 Å². The number of aromatic nitrogens is 5. The highest BCUT2D eigenvalue weighted by molar-refractivity contribution is 5.29. The van der Waals surface area contributed by atoms with Crippen LogP contribution in [0.3, 0.4) is 0 Å². The van der Waals surface area contributed by atoms with E-state index in [0.29, 0.717) is 12.4 Å². The third-order valence-electron chi connectivity index (χ3n) is 1.64. The van der Waals surface area contributed by atoms with Crippen LogP contribution in [0.15, 0.2) is 24.9 Å². The second-order valence-electron chi connectivity index (χ2n) is 2.42. The van der Waals surface area contributed by atoms with Crippen LogP contribution in [-0.2, 0) is 6.54 Å². The van der Waals surface area contributed by atoms with Crippen molar-refractivity contribution in [1.82, 2.24) is 25.0 Å². The molecule has 66 valence electrons. The number of rotatable bonds is 2.